The van der Waals surface area contributed by atoms with Gasteiger partial charge in [-0.2, -0.15) is 4.99 Å². The Bertz CT molecular complexity index is 760. The van der Waals surface area contributed by atoms with Crippen molar-refractivity contribution in [2.75, 3.05) is 15.8 Å². The molecule has 0 spiro atoms. The quantitative estimate of drug-likeness (QED) is 0.620. The van der Waals surface area contributed by atoms with Crippen LogP contribution < -0.4 is 15.5 Å². The number of hydrogen-bond acceptors (Lipinski definition) is 5. The number of nitrogens with zero attached hydrogens (tertiary/aromatic N) is 4. The van der Waals surface area contributed by atoms with Gasteiger partial charge in [-0.15, -0.1) is 0 Å². The molecule has 0 bridgehead atoms. The summed E-state index contributed by atoms with van der Waals surface area (Å²) in [5.74, 6) is 1.56. The number of benzene rings is 1. The van der Waals surface area contributed by atoms with Gasteiger partial charge in [-0.25, -0.2) is 14.1 Å². The number of hydrogen-bond donors (Lipinski definition) is 2. The van der Waals surface area contributed by atoms with Crippen molar-refractivity contribution < 1.29 is 4.79 Å². The van der Waals surface area contributed by atoms with Crippen molar-refractivity contribution in [2.45, 2.75) is 18.1 Å². The van der Waals surface area contributed by atoms with E-state index in [9.17, 15) is 4.79 Å². The molecule has 0 unspecified atom stereocenters. The highest BCUT2D eigenvalue weighted by Crippen LogP contribution is 2.23. The third-order valence-electron chi connectivity index (χ3n) is 3.18. The molecule has 8 heteroatoms. The van der Waals surface area contributed by atoms with Crippen LogP contribution in [0.2, 0.25) is 0 Å². The van der Waals surface area contributed by atoms with E-state index >= 15 is 0 Å². The fourth-order valence-electron chi connectivity index (χ4n) is 2.11. The van der Waals surface area contributed by atoms with Crippen LogP contribution in [0.1, 0.15) is 6.42 Å². The standard InChI is InChI=1S/C14H15N5OS2/c15-11-9-12(17-14-18(11)7-4-8-22-14)16-13(20)19(21)10-5-2-1-3-6-10/h1-3,5-6,9,21H,4,7-8,15H2. The molecule has 1 aromatic heterocycles. The summed E-state index contributed by atoms with van der Waals surface area (Å²) in [5.41, 5.74) is 6.96. The first-order valence-corrected chi connectivity index (χ1v) is 8.16. The van der Waals surface area contributed by atoms with Gasteiger partial charge in [0, 0.05) is 18.4 Å². The van der Waals surface area contributed by atoms with E-state index in [-0.39, 0.29) is 0 Å². The lowest BCUT2D eigenvalue weighted by Gasteiger charge is -2.19. The molecule has 0 saturated heterocycles. The maximum Gasteiger partial charge on any atom is 0.360 e. The van der Waals surface area contributed by atoms with E-state index in [1.807, 2.05) is 22.8 Å². The zero-order valence-electron chi connectivity index (χ0n) is 11.7. The normalized spacial score (nSPS) is 14.5. The summed E-state index contributed by atoms with van der Waals surface area (Å²) in [4.78, 5) is 20.6. The highest BCUT2D eigenvalue weighted by molar-refractivity contribution is 7.99. The molecule has 1 aromatic carbocycles. The summed E-state index contributed by atoms with van der Waals surface area (Å²) in [6.45, 7) is 0.845. The Morgan fingerprint density at radius 3 is 2.95 bits per heavy atom. The molecule has 6 nitrogen and oxygen atoms in total. The Morgan fingerprint density at radius 1 is 1.41 bits per heavy atom. The predicted molar refractivity (Wildman–Crippen MR) is 90.8 cm³/mol. The molecule has 2 heterocycles. The summed E-state index contributed by atoms with van der Waals surface area (Å²) in [7, 11) is 0. The molecule has 0 saturated carbocycles. The molecule has 2 N–H and O–H groups in total. The lowest BCUT2D eigenvalue weighted by molar-refractivity contribution is 0.257. The van der Waals surface area contributed by atoms with Crippen molar-refractivity contribution in [3.05, 3.63) is 41.9 Å². The fraction of sp³-hybridized carbons (Fsp3) is 0.214. The van der Waals surface area contributed by atoms with Gasteiger partial charge in [0.1, 0.15) is 5.82 Å². The first kappa shape index (κ1) is 15.0. The highest BCUT2D eigenvalue weighted by atomic mass is 32.2. The van der Waals surface area contributed by atoms with Crippen molar-refractivity contribution in [2.24, 2.45) is 4.99 Å². The Balaban J connectivity index is 1.92. The van der Waals surface area contributed by atoms with Crippen LogP contribution in [-0.2, 0) is 6.54 Å². The first-order chi connectivity index (χ1) is 10.6. The van der Waals surface area contributed by atoms with Gasteiger partial charge in [-0.05, 0) is 18.6 Å². The number of carbonyl (C=O) groups excluding carboxylic acids is 1. The minimum Gasteiger partial charge on any atom is -0.385 e. The maximum absolute atomic E-state index is 12.2. The number of carbonyl (C=O) groups is 1. The lowest BCUT2D eigenvalue weighted by Crippen LogP contribution is -2.25. The van der Waals surface area contributed by atoms with Crippen molar-refractivity contribution in [1.82, 2.24) is 9.55 Å². The van der Waals surface area contributed by atoms with Gasteiger partial charge in [0.25, 0.3) is 0 Å². The van der Waals surface area contributed by atoms with Gasteiger partial charge in [0.2, 0.25) is 0 Å². The largest absolute Gasteiger partial charge is 0.385 e. The maximum atomic E-state index is 12.2. The minimum absolute atomic E-state index is 0.304. The van der Waals surface area contributed by atoms with E-state index in [1.54, 1.807) is 30.0 Å². The number of amides is 2. The molecule has 0 fully saturated rings. The van der Waals surface area contributed by atoms with Gasteiger partial charge in [0.15, 0.2) is 10.6 Å². The Kier molecular flexibility index (Phi) is 4.39. The summed E-state index contributed by atoms with van der Waals surface area (Å²) >= 11 is 5.81. The summed E-state index contributed by atoms with van der Waals surface area (Å²) < 4.78 is 3.12. The molecular weight excluding hydrogens is 318 g/mol. The lowest BCUT2D eigenvalue weighted by atomic mass is 10.3. The smallest absolute Gasteiger partial charge is 0.360 e. The van der Waals surface area contributed by atoms with Crippen LogP contribution in [0.4, 0.5) is 16.3 Å². The van der Waals surface area contributed by atoms with Crippen LogP contribution in [0.3, 0.4) is 0 Å². The number of nitrogens with two attached hydrogens (primary N) is 1. The van der Waals surface area contributed by atoms with E-state index in [2.05, 4.69) is 22.8 Å². The third kappa shape index (κ3) is 3.12. The monoisotopic (exact) mass is 333 g/mol. The van der Waals surface area contributed by atoms with E-state index in [0.717, 1.165) is 23.9 Å². The number of para-hydroxylation sites is 1. The molecule has 2 aromatic rings. The zero-order chi connectivity index (χ0) is 15.5. The van der Waals surface area contributed by atoms with Gasteiger partial charge in [0.05, 0.1) is 5.69 Å². The fourth-order valence-corrected chi connectivity index (χ4v) is 3.26. The summed E-state index contributed by atoms with van der Waals surface area (Å²) in [6, 6.07) is 10.2. The second kappa shape index (κ2) is 6.45. The predicted octanol–water partition coefficient (Wildman–Crippen LogP) is 2.33. The van der Waals surface area contributed by atoms with Crippen LogP contribution in [0.25, 0.3) is 0 Å². The number of thioether (sulfide) groups is 1. The van der Waals surface area contributed by atoms with Crippen LogP contribution in [-0.4, -0.2) is 21.3 Å². The van der Waals surface area contributed by atoms with Crippen molar-refractivity contribution in [3.8, 4) is 0 Å². The number of aromatic nitrogens is 2. The number of nitrogen functional groups attached to an aromatic ring is 1. The number of thiol groups is 1. The number of rotatable bonds is 1. The molecule has 114 valence electrons. The van der Waals surface area contributed by atoms with Crippen molar-refractivity contribution >= 4 is 42.1 Å². The summed E-state index contributed by atoms with van der Waals surface area (Å²) in [6.07, 6.45) is 1.06. The van der Waals surface area contributed by atoms with Crippen LogP contribution in [0, 0.1) is 0 Å². The van der Waals surface area contributed by atoms with Crippen LogP contribution in [0.15, 0.2) is 46.5 Å². The molecule has 1 aliphatic rings. The second-order valence-electron chi connectivity index (χ2n) is 4.72. The molecule has 1 aliphatic heterocycles. The molecule has 0 aliphatic carbocycles. The molecule has 2 amide bonds. The SMILES string of the molecule is Nc1cc(=NC(=O)N(S)c2ccccc2)nc2n1CCCS2. The number of fused-ring (bicyclic) bond motifs is 1. The van der Waals surface area contributed by atoms with Crippen LogP contribution >= 0.6 is 24.6 Å². The molecule has 0 atom stereocenters. The van der Waals surface area contributed by atoms with Crippen molar-refractivity contribution in [3.63, 3.8) is 0 Å². The molecule has 0 radical (unpaired) electrons. The number of anilines is 2. The third-order valence-corrected chi connectivity index (χ3v) is 4.64. The van der Waals surface area contributed by atoms with Gasteiger partial charge in [-0.3, -0.25) is 0 Å². The second-order valence-corrected chi connectivity index (χ2v) is 6.18. The van der Waals surface area contributed by atoms with E-state index < -0.39 is 6.03 Å². The van der Waals surface area contributed by atoms with Gasteiger partial charge < -0.3 is 10.3 Å². The number of urea groups is 1. The van der Waals surface area contributed by atoms with E-state index in [4.69, 9.17) is 5.73 Å². The first-order valence-electron chi connectivity index (χ1n) is 6.78. The van der Waals surface area contributed by atoms with Crippen molar-refractivity contribution in [1.29, 1.82) is 0 Å². The Hall–Kier alpha value is -1.93. The topological polar surface area (TPSA) is 76.5 Å². The highest BCUT2D eigenvalue weighted by Gasteiger charge is 2.14. The Labute approximate surface area is 137 Å². The molecule has 3 rings (SSSR count). The Morgan fingerprint density at radius 2 is 2.18 bits per heavy atom. The van der Waals surface area contributed by atoms with Crippen LogP contribution in [0.5, 0.6) is 0 Å². The minimum atomic E-state index is -0.507. The zero-order valence-corrected chi connectivity index (χ0v) is 13.4. The molecule has 22 heavy (non-hydrogen) atoms. The van der Waals surface area contributed by atoms with Gasteiger partial charge in [-0.1, -0.05) is 42.8 Å². The average Bonchev–Trinajstić information content (AvgIpc) is 2.55. The van der Waals surface area contributed by atoms with E-state index in [1.165, 1.54) is 4.31 Å². The average molecular weight is 333 g/mol. The van der Waals surface area contributed by atoms with Gasteiger partial charge >= 0.3 is 6.03 Å². The summed E-state index contributed by atoms with van der Waals surface area (Å²) in [5, 5.41) is 0.795. The van der Waals surface area contributed by atoms with E-state index in [0.29, 0.717) is 17.0 Å². The molecular formula is C14H15N5OS2.